The third-order valence-corrected chi connectivity index (χ3v) is 4.31. The highest BCUT2D eigenvalue weighted by atomic mass is 32.1. The van der Waals surface area contributed by atoms with Gasteiger partial charge in [0.15, 0.2) is 0 Å². The Morgan fingerprint density at radius 3 is 2.94 bits per heavy atom. The fraction of sp³-hybridized carbons (Fsp3) is 0.462. The first kappa shape index (κ1) is 10.2. The van der Waals surface area contributed by atoms with E-state index in [2.05, 4.69) is 28.5 Å². The van der Waals surface area contributed by atoms with Crippen molar-refractivity contribution in [2.45, 2.75) is 25.8 Å². The van der Waals surface area contributed by atoms with Gasteiger partial charge < -0.3 is 5.32 Å². The molecule has 0 aliphatic heterocycles. The largest absolute Gasteiger partial charge is 0.310 e. The first-order chi connectivity index (χ1) is 7.92. The van der Waals surface area contributed by atoms with Gasteiger partial charge in [0, 0.05) is 6.54 Å². The van der Waals surface area contributed by atoms with Crippen molar-refractivity contribution < 1.29 is 0 Å². The summed E-state index contributed by atoms with van der Waals surface area (Å²) in [4.78, 5) is 4.61. The van der Waals surface area contributed by atoms with Crippen LogP contribution in [-0.2, 0) is 6.54 Å². The van der Waals surface area contributed by atoms with Crippen LogP contribution < -0.4 is 5.32 Å². The van der Waals surface area contributed by atoms with Crippen molar-refractivity contribution in [3.05, 3.63) is 29.3 Å². The van der Waals surface area contributed by atoms with Crippen LogP contribution in [0.3, 0.4) is 0 Å². The molecule has 0 atom stereocenters. The summed E-state index contributed by atoms with van der Waals surface area (Å²) in [6.45, 7) is 2.09. The van der Waals surface area contributed by atoms with Crippen LogP contribution in [0.5, 0.6) is 0 Å². The molecular formula is C13H16N2S. The van der Waals surface area contributed by atoms with E-state index in [0.717, 1.165) is 24.5 Å². The van der Waals surface area contributed by atoms with Crippen molar-refractivity contribution in [2.75, 3.05) is 6.54 Å². The maximum Gasteiger partial charge on any atom is 0.108 e. The average Bonchev–Trinajstić information content (AvgIpc) is 2.64. The normalized spacial score (nSPS) is 16.5. The van der Waals surface area contributed by atoms with E-state index >= 15 is 0 Å². The second-order valence-electron chi connectivity index (χ2n) is 4.50. The third-order valence-electron chi connectivity index (χ3n) is 3.27. The van der Waals surface area contributed by atoms with E-state index in [1.54, 1.807) is 11.3 Å². The van der Waals surface area contributed by atoms with Crippen LogP contribution in [0.25, 0.3) is 10.2 Å². The smallest absolute Gasteiger partial charge is 0.108 e. The van der Waals surface area contributed by atoms with Crippen LogP contribution in [0.4, 0.5) is 0 Å². The van der Waals surface area contributed by atoms with Crippen molar-refractivity contribution >= 4 is 21.6 Å². The summed E-state index contributed by atoms with van der Waals surface area (Å²) >= 11 is 1.80. The van der Waals surface area contributed by atoms with Crippen LogP contribution >= 0.6 is 11.3 Å². The van der Waals surface area contributed by atoms with Crippen molar-refractivity contribution in [1.82, 2.24) is 10.3 Å². The maximum absolute atomic E-state index is 4.61. The van der Waals surface area contributed by atoms with E-state index < -0.39 is 0 Å². The van der Waals surface area contributed by atoms with Gasteiger partial charge in [-0.25, -0.2) is 4.98 Å². The summed E-state index contributed by atoms with van der Waals surface area (Å²) in [6.07, 6.45) is 4.24. The lowest BCUT2D eigenvalue weighted by molar-refractivity contribution is 0.301. The Morgan fingerprint density at radius 2 is 2.19 bits per heavy atom. The highest BCUT2D eigenvalue weighted by Crippen LogP contribution is 2.25. The van der Waals surface area contributed by atoms with Crippen LogP contribution in [0.2, 0.25) is 0 Å². The van der Waals surface area contributed by atoms with Crippen LogP contribution in [0, 0.1) is 5.92 Å². The molecule has 0 amide bonds. The molecule has 1 heterocycles. The molecule has 84 valence electrons. The van der Waals surface area contributed by atoms with Crippen LogP contribution in [0.15, 0.2) is 24.3 Å². The molecule has 3 rings (SSSR count). The molecule has 16 heavy (non-hydrogen) atoms. The van der Waals surface area contributed by atoms with Crippen molar-refractivity contribution in [1.29, 1.82) is 0 Å². The molecule has 2 nitrogen and oxygen atoms in total. The number of nitrogens with zero attached hydrogens (tertiary/aromatic N) is 1. The summed E-state index contributed by atoms with van der Waals surface area (Å²) in [5.41, 5.74) is 1.13. The number of thiazole rings is 1. The molecule has 1 aliphatic rings. The van der Waals surface area contributed by atoms with Gasteiger partial charge in [0.1, 0.15) is 5.01 Å². The first-order valence-corrected chi connectivity index (χ1v) is 6.78. The fourth-order valence-electron chi connectivity index (χ4n) is 2.08. The zero-order valence-corrected chi connectivity index (χ0v) is 10.1. The molecule has 0 unspecified atom stereocenters. The van der Waals surface area contributed by atoms with Gasteiger partial charge in [-0.2, -0.15) is 0 Å². The molecule has 0 radical (unpaired) electrons. The van der Waals surface area contributed by atoms with Crippen LogP contribution in [0.1, 0.15) is 24.3 Å². The molecule has 2 aromatic rings. The molecule has 1 saturated carbocycles. The molecule has 1 aromatic carbocycles. The number of nitrogens with one attached hydrogen (secondary N) is 1. The Balaban J connectivity index is 1.60. The van der Waals surface area contributed by atoms with Gasteiger partial charge >= 0.3 is 0 Å². The second kappa shape index (κ2) is 4.52. The van der Waals surface area contributed by atoms with Crippen LogP contribution in [-0.4, -0.2) is 11.5 Å². The van der Waals surface area contributed by atoms with Gasteiger partial charge in [0.25, 0.3) is 0 Å². The molecule has 0 bridgehead atoms. The predicted molar refractivity (Wildman–Crippen MR) is 68.7 cm³/mol. The zero-order valence-electron chi connectivity index (χ0n) is 9.28. The lowest BCUT2D eigenvalue weighted by Crippen LogP contribution is -2.26. The highest BCUT2D eigenvalue weighted by molar-refractivity contribution is 7.18. The average molecular weight is 232 g/mol. The molecule has 0 saturated heterocycles. The molecule has 1 N–H and O–H groups in total. The van der Waals surface area contributed by atoms with Crippen molar-refractivity contribution in [3.63, 3.8) is 0 Å². The number of rotatable bonds is 4. The predicted octanol–water partition coefficient (Wildman–Crippen LogP) is 3.19. The Bertz CT molecular complexity index is 440. The SMILES string of the molecule is c1ccc2sc(CNCC3CCC3)nc2c1. The van der Waals surface area contributed by atoms with Crippen molar-refractivity contribution in [3.8, 4) is 0 Å². The van der Waals surface area contributed by atoms with Gasteiger partial charge in [-0.15, -0.1) is 11.3 Å². The van der Waals surface area contributed by atoms with Gasteiger partial charge in [-0.3, -0.25) is 0 Å². The topological polar surface area (TPSA) is 24.9 Å². The van der Waals surface area contributed by atoms with E-state index in [4.69, 9.17) is 0 Å². The summed E-state index contributed by atoms with van der Waals surface area (Å²) < 4.78 is 1.29. The maximum atomic E-state index is 4.61. The molecule has 3 heteroatoms. The fourth-order valence-corrected chi connectivity index (χ4v) is 3.01. The monoisotopic (exact) mass is 232 g/mol. The van der Waals surface area contributed by atoms with Crippen molar-refractivity contribution in [2.24, 2.45) is 5.92 Å². The number of hydrogen-bond acceptors (Lipinski definition) is 3. The molecule has 1 aliphatic carbocycles. The molecule has 0 spiro atoms. The second-order valence-corrected chi connectivity index (χ2v) is 5.62. The van der Waals surface area contributed by atoms with E-state index in [9.17, 15) is 0 Å². The number of fused-ring (bicyclic) bond motifs is 1. The van der Waals surface area contributed by atoms with Gasteiger partial charge in [0.05, 0.1) is 10.2 Å². The minimum absolute atomic E-state index is 0.925. The Kier molecular flexibility index (Phi) is 2.89. The zero-order chi connectivity index (χ0) is 10.8. The standard InChI is InChI=1S/C13H16N2S/c1-2-7-12-11(6-1)15-13(16-12)9-14-8-10-4-3-5-10/h1-2,6-7,10,14H,3-5,8-9H2. The Hall–Kier alpha value is -0.930. The number of benzene rings is 1. The van der Waals surface area contributed by atoms with E-state index in [-0.39, 0.29) is 0 Å². The Morgan fingerprint density at radius 1 is 1.31 bits per heavy atom. The number of para-hydroxylation sites is 1. The first-order valence-electron chi connectivity index (χ1n) is 5.97. The quantitative estimate of drug-likeness (QED) is 0.875. The van der Waals surface area contributed by atoms with Gasteiger partial charge in [-0.05, 0) is 37.4 Å². The number of aromatic nitrogens is 1. The third kappa shape index (κ3) is 2.11. The minimum atomic E-state index is 0.925. The van der Waals surface area contributed by atoms with Gasteiger partial charge in [0.2, 0.25) is 0 Å². The van der Waals surface area contributed by atoms with E-state index in [1.807, 2.05) is 6.07 Å². The number of hydrogen-bond donors (Lipinski definition) is 1. The summed E-state index contributed by atoms with van der Waals surface area (Å²) in [7, 11) is 0. The summed E-state index contributed by atoms with van der Waals surface area (Å²) in [6, 6.07) is 8.35. The molecule has 1 aromatic heterocycles. The van der Waals surface area contributed by atoms with Gasteiger partial charge in [-0.1, -0.05) is 18.6 Å². The lowest BCUT2D eigenvalue weighted by Gasteiger charge is -2.25. The molecule has 1 fully saturated rings. The Labute approximate surface area is 99.7 Å². The summed E-state index contributed by atoms with van der Waals surface area (Å²) in [5, 5.41) is 4.72. The molecular weight excluding hydrogens is 216 g/mol. The highest BCUT2D eigenvalue weighted by Gasteiger charge is 2.16. The summed E-state index contributed by atoms with van der Waals surface area (Å²) in [5.74, 6) is 0.925. The van der Waals surface area contributed by atoms with E-state index in [1.165, 1.54) is 29.0 Å². The van der Waals surface area contributed by atoms with E-state index in [0.29, 0.717) is 0 Å². The minimum Gasteiger partial charge on any atom is -0.310 e. The lowest BCUT2D eigenvalue weighted by atomic mass is 9.85.